The molecule has 0 heterocycles. The molecular formula is C16H25F2NO. The zero-order valence-electron chi connectivity index (χ0n) is 12.3. The molecule has 0 aliphatic rings. The molecule has 114 valence electrons. The molecule has 20 heavy (non-hydrogen) atoms. The largest absolute Gasteiger partial charge is 0.387 e. The number of halogens is 2. The van der Waals surface area contributed by atoms with Crippen LogP contribution in [0.5, 0.6) is 0 Å². The van der Waals surface area contributed by atoms with Gasteiger partial charge in [-0.25, -0.2) is 8.78 Å². The van der Waals surface area contributed by atoms with E-state index >= 15 is 0 Å². The molecule has 0 fully saturated rings. The van der Waals surface area contributed by atoms with Crippen molar-refractivity contribution in [2.24, 2.45) is 0 Å². The second-order valence-corrected chi connectivity index (χ2v) is 5.15. The number of aliphatic hydroxyl groups excluding tert-OH is 1. The minimum absolute atomic E-state index is 0.138. The highest BCUT2D eigenvalue weighted by atomic mass is 19.2. The Balaban J connectivity index is 2.52. The molecule has 0 aliphatic carbocycles. The first-order chi connectivity index (χ1) is 9.60. The van der Waals surface area contributed by atoms with E-state index in [4.69, 9.17) is 0 Å². The second kappa shape index (κ2) is 9.03. The molecule has 0 spiro atoms. The van der Waals surface area contributed by atoms with Crippen LogP contribution in [-0.4, -0.2) is 17.7 Å². The minimum atomic E-state index is -0.917. The summed E-state index contributed by atoms with van der Waals surface area (Å²) in [6.45, 7) is 4.96. The third-order valence-electron chi connectivity index (χ3n) is 3.54. The maximum atomic E-state index is 13.2. The number of hydrogen-bond acceptors (Lipinski definition) is 2. The van der Waals surface area contributed by atoms with E-state index in [0.29, 0.717) is 5.56 Å². The molecule has 2 unspecified atom stereocenters. The molecule has 0 amide bonds. The lowest BCUT2D eigenvalue weighted by Gasteiger charge is -2.23. The van der Waals surface area contributed by atoms with Crippen LogP contribution >= 0.6 is 0 Å². The Morgan fingerprint density at radius 2 is 1.85 bits per heavy atom. The average molecular weight is 285 g/mol. The first kappa shape index (κ1) is 17.1. The van der Waals surface area contributed by atoms with Crippen molar-refractivity contribution in [1.29, 1.82) is 0 Å². The molecule has 2 nitrogen and oxygen atoms in total. The lowest BCUT2D eigenvalue weighted by atomic mass is 10.00. The first-order valence-electron chi connectivity index (χ1n) is 7.46. The molecule has 0 aliphatic heterocycles. The fraction of sp³-hybridized carbons (Fsp3) is 0.625. The van der Waals surface area contributed by atoms with Gasteiger partial charge in [-0.3, -0.25) is 0 Å². The van der Waals surface area contributed by atoms with Gasteiger partial charge in [0.2, 0.25) is 0 Å². The average Bonchev–Trinajstić information content (AvgIpc) is 2.45. The van der Waals surface area contributed by atoms with Crippen molar-refractivity contribution in [3.8, 4) is 0 Å². The summed E-state index contributed by atoms with van der Waals surface area (Å²) >= 11 is 0. The zero-order chi connectivity index (χ0) is 15.0. The normalized spacial score (nSPS) is 14.2. The molecule has 1 aromatic carbocycles. The van der Waals surface area contributed by atoms with Crippen molar-refractivity contribution in [2.45, 2.75) is 58.1 Å². The predicted octanol–water partition coefficient (Wildman–Crippen LogP) is 3.95. The summed E-state index contributed by atoms with van der Waals surface area (Å²) in [5.41, 5.74) is 0.414. The number of aliphatic hydroxyl groups is 1. The maximum absolute atomic E-state index is 13.2. The molecular weight excluding hydrogens is 260 g/mol. The van der Waals surface area contributed by atoms with E-state index in [0.717, 1.165) is 31.5 Å². The molecule has 0 saturated heterocycles. The van der Waals surface area contributed by atoms with Crippen LogP contribution in [0.15, 0.2) is 18.2 Å². The van der Waals surface area contributed by atoms with Gasteiger partial charge in [0.15, 0.2) is 11.6 Å². The van der Waals surface area contributed by atoms with E-state index in [-0.39, 0.29) is 6.04 Å². The van der Waals surface area contributed by atoms with Crippen molar-refractivity contribution in [2.75, 3.05) is 6.54 Å². The smallest absolute Gasteiger partial charge is 0.159 e. The van der Waals surface area contributed by atoms with Crippen LogP contribution in [0.2, 0.25) is 0 Å². The topological polar surface area (TPSA) is 32.3 Å². The van der Waals surface area contributed by atoms with Crippen molar-refractivity contribution < 1.29 is 13.9 Å². The van der Waals surface area contributed by atoms with Gasteiger partial charge in [-0.05, 0) is 37.1 Å². The molecule has 0 bridgehead atoms. The lowest BCUT2D eigenvalue weighted by Crippen LogP contribution is -2.35. The Morgan fingerprint density at radius 1 is 1.10 bits per heavy atom. The monoisotopic (exact) mass is 285 g/mol. The summed E-state index contributed by atoms with van der Waals surface area (Å²) in [6.07, 6.45) is 4.55. The van der Waals surface area contributed by atoms with Crippen molar-refractivity contribution in [3.63, 3.8) is 0 Å². The lowest BCUT2D eigenvalue weighted by molar-refractivity contribution is 0.125. The van der Waals surface area contributed by atoms with Crippen LogP contribution < -0.4 is 5.32 Å². The molecule has 4 heteroatoms. The first-order valence-corrected chi connectivity index (χ1v) is 7.46. The summed E-state index contributed by atoms with van der Waals surface area (Å²) in [7, 11) is 0. The highest BCUT2D eigenvalue weighted by molar-refractivity contribution is 5.21. The highest BCUT2D eigenvalue weighted by Gasteiger charge is 2.19. The highest BCUT2D eigenvalue weighted by Crippen LogP contribution is 2.21. The van der Waals surface area contributed by atoms with Crippen molar-refractivity contribution in [1.82, 2.24) is 5.32 Å². The predicted molar refractivity (Wildman–Crippen MR) is 77.5 cm³/mol. The van der Waals surface area contributed by atoms with Crippen LogP contribution in [0.3, 0.4) is 0 Å². The van der Waals surface area contributed by atoms with Gasteiger partial charge in [0.25, 0.3) is 0 Å². The Labute approximate surface area is 120 Å². The van der Waals surface area contributed by atoms with Crippen LogP contribution in [0.4, 0.5) is 8.78 Å². The van der Waals surface area contributed by atoms with E-state index in [2.05, 4.69) is 12.2 Å². The van der Waals surface area contributed by atoms with Crippen LogP contribution in [0, 0.1) is 11.6 Å². The molecule has 0 saturated carbocycles. The molecule has 0 radical (unpaired) electrons. The molecule has 1 aromatic rings. The summed E-state index contributed by atoms with van der Waals surface area (Å²) in [4.78, 5) is 0. The number of nitrogens with one attached hydrogen (secondary N) is 1. The van der Waals surface area contributed by atoms with Gasteiger partial charge < -0.3 is 10.4 Å². The van der Waals surface area contributed by atoms with E-state index in [1.807, 2.05) is 6.92 Å². The Morgan fingerprint density at radius 3 is 2.45 bits per heavy atom. The summed E-state index contributed by atoms with van der Waals surface area (Å²) in [5.74, 6) is -1.80. The fourth-order valence-corrected chi connectivity index (χ4v) is 2.25. The fourth-order valence-electron chi connectivity index (χ4n) is 2.25. The molecule has 2 atom stereocenters. The summed E-state index contributed by atoms with van der Waals surface area (Å²) in [5, 5.41) is 13.5. The van der Waals surface area contributed by atoms with Gasteiger partial charge in [-0.2, -0.15) is 0 Å². The van der Waals surface area contributed by atoms with E-state index in [9.17, 15) is 13.9 Å². The second-order valence-electron chi connectivity index (χ2n) is 5.15. The van der Waals surface area contributed by atoms with Crippen molar-refractivity contribution >= 4 is 0 Å². The zero-order valence-corrected chi connectivity index (χ0v) is 12.3. The van der Waals surface area contributed by atoms with Crippen LogP contribution in [-0.2, 0) is 0 Å². The molecule has 1 rings (SSSR count). The van der Waals surface area contributed by atoms with Gasteiger partial charge in [-0.1, -0.05) is 39.2 Å². The van der Waals surface area contributed by atoms with Gasteiger partial charge in [-0.15, -0.1) is 0 Å². The maximum Gasteiger partial charge on any atom is 0.159 e. The van der Waals surface area contributed by atoms with Gasteiger partial charge in [0.05, 0.1) is 6.10 Å². The van der Waals surface area contributed by atoms with E-state index < -0.39 is 17.7 Å². The Hall–Kier alpha value is -1.00. The standard InChI is InChI=1S/C16H25F2NO/c1-3-5-6-7-10-19-15(4-2)16(20)12-8-9-13(17)14(18)11-12/h8-9,11,15-16,19-20H,3-7,10H2,1-2H3. The Bertz CT molecular complexity index is 398. The number of hydrogen-bond donors (Lipinski definition) is 2. The van der Waals surface area contributed by atoms with Crippen LogP contribution in [0.1, 0.15) is 57.6 Å². The van der Waals surface area contributed by atoms with E-state index in [1.165, 1.54) is 25.3 Å². The van der Waals surface area contributed by atoms with Crippen LogP contribution in [0.25, 0.3) is 0 Å². The van der Waals surface area contributed by atoms with Gasteiger partial charge in [0, 0.05) is 6.04 Å². The summed E-state index contributed by atoms with van der Waals surface area (Å²) in [6, 6.07) is 3.43. The molecule has 0 aromatic heterocycles. The summed E-state index contributed by atoms with van der Waals surface area (Å²) < 4.78 is 26.1. The quantitative estimate of drug-likeness (QED) is 0.673. The Kier molecular flexibility index (Phi) is 7.70. The number of unbranched alkanes of at least 4 members (excludes halogenated alkanes) is 3. The van der Waals surface area contributed by atoms with Gasteiger partial charge in [0.1, 0.15) is 0 Å². The minimum Gasteiger partial charge on any atom is -0.387 e. The SMILES string of the molecule is CCCCCCNC(CC)C(O)c1ccc(F)c(F)c1. The van der Waals surface area contributed by atoms with Crippen molar-refractivity contribution in [3.05, 3.63) is 35.4 Å². The third kappa shape index (κ3) is 5.17. The number of rotatable bonds is 9. The third-order valence-corrected chi connectivity index (χ3v) is 3.54. The van der Waals surface area contributed by atoms with E-state index in [1.54, 1.807) is 0 Å². The molecule has 2 N–H and O–H groups in total. The van der Waals surface area contributed by atoms with Gasteiger partial charge >= 0.3 is 0 Å². The number of benzene rings is 1.